The molecule has 4 rings (SSSR count). The van der Waals surface area contributed by atoms with Crippen molar-refractivity contribution in [3.63, 3.8) is 0 Å². The van der Waals surface area contributed by atoms with Crippen LogP contribution in [0.3, 0.4) is 0 Å². The molecule has 1 aromatic carbocycles. The molecule has 1 amide bonds. The van der Waals surface area contributed by atoms with Crippen molar-refractivity contribution < 1.29 is 14.3 Å². The number of benzene rings is 1. The lowest BCUT2D eigenvalue weighted by atomic mass is 10.00. The largest absolute Gasteiger partial charge is 0.379 e. The van der Waals surface area contributed by atoms with Crippen molar-refractivity contribution in [2.24, 2.45) is 5.92 Å². The van der Waals surface area contributed by atoms with Gasteiger partial charge in [0, 0.05) is 20.1 Å². The molecule has 3 aliphatic rings. The quantitative estimate of drug-likeness (QED) is 0.858. The van der Waals surface area contributed by atoms with Crippen LogP contribution in [-0.4, -0.2) is 49.3 Å². The van der Waals surface area contributed by atoms with Gasteiger partial charge in [0.2, 0.25) is 5.91 Å². The zero-order valence-electron chi connectivity index (χ0n) is 13.7. The van der Waals surface area contributed by atoms with Crippen LogP contribution in [0.15, 0.2) is 24.3 Å². The number of hydrogen-bond acceptors (Lipinski definition) is 3. The Kier molecular flexibility index (Phi) is 4.12. The fourth-order valence-electron chi connectivity index (χ4n) is 4.64. The highest BCUT2D eigenvalue weighted by molar-refractivity contribution is 5.77. The molecule has 0 N–H and O–H groups in total. The zero-order chi connectivity index (χ0) is 15.8. The van der Waals surface area contributed by atoms with Crippen molar-refractivity contribution in [3.8, 4) is 0 Å². The van der Waals surface area contributed by atoms with E-state index in [4.69, 9.17) is 9.47 Å². The van der Waals surface area contributed by atoms with Crippen molar-refractivity contribution in [1.29, 1.82) is 0 Å². The smallest absolute Gasteiger partial charge is 0.223 e. The zero-order valence-corrected chi connectivity index (χ0v) is 13.7. The van der Waals surface area contributed by atoms with E-state index >= 15 is 0 Å². The number of nitrogens with zero attached hydrogens (tertiary/aromatic N) is 1. The van der Waals surface area contributed by atoms with Gasteiger partial charge in [-0.2, -0.15) is 0 Å². The molecule has 2 fully saturated rings. The summed E-state index contributed by atoms with van der Waals surface area (Å²) in [6.07, 6.45) is 4.95. The second-order valence-electron chi connectivity index (χ2n) is 7.09. The number of hydrogen-bond donors (Lipinski definition) is 0. The van der Waals surface area contributed by atoms with Gasteiger partial charge < -0.3 is 14.4 Å². The highest BCUT2D eigenvalue weighted by atomic mass is 16.5. The van der Waals surface area contributed by atoms with Gasteiger partial charge in [0.1, 0.15) is 6.10 Å². The molecular formula is C19H25NO3. The van der Waals surface area contributed by atoms with E-state index in [0.29, 0.717) is 24.9 Å². The first-order valence-corrected chi connectivity index (χ1v) is 8.77. The van der Waals surface area contributed by atoms with Crippen LogP contribution in [0.25, 0.3) is 0 Å². The van der Waals surface area contributed by atoms with Crippen LogP contribution in [0, 0.1) is 5.92 Å². The Balaban J connectivity index is 1.40. The van der Waals surface area contributed by atoms with Crippen LogP contribution in [0.4, 0.5) is 0 Å². The number of fused-ring (bicyclic) bond motifs is 2. The van der Waals surface area contributed by atoms with Crippen molar-refractivity contribution in [2.45, 2.75) is 50.4 Å². The molecule has 1 saturated heterocycles. The molecule has 1 aliphatic heterocycles. The molecule has 0 aromatic heterocycles. The number of methoxy groups -OCH3 is 1. The maximum Gasteiger partial charge on any atom is 0.223 e. The second-order valence-corrected chi connectivity index (χ2v) is 7.09. The van der Waals surface area contributed by atoms with Crippen LogP contribution in [0.5, 0.6) is 0 Å². The predicted molar refractivity (Wildman–Crippen MR) is 87.2 cm³/mol. The summed E-state index contributed by atoms with van der Waals surface area (Å²) >= 11 is 0. The first kappa shape index (κ1) is 15.2. The third-order valence-electron chi connectivity index (χ3n) is 5.76. The predicted octanol–water partition coefficient (Wildman–Crippen LogP) is 2.20. The van der Waals surface area contributed by atoms with Gasteiger partial charge in [0.05, 0.1) is 18.8 Å². The Bertz CT molecular complexity index is 563. The molecule has 2 aliphatic carbocycles. The maximum absolute atomic E-state index is 12.9. The summed E-state index contributed by atoms with van der Waals surface area (Å²) in [5, 5.41) is 0. The van der Waals surface area contributed by atoms with E-state index in [1.165, 1.54) is 11.1 Å². The summed E-state index contributed by atoms with van der Waals surface area (Å²) < 4.78 is 11.4. The molecule has 23 heavy (non-hydrogen) atoms. The summed E-state index contributed by atoms with van der Waals surface area (Å²) in [4.78, 5) is 15.0. The normalized spacial score (nSPS) is 30.3. The van der Waals surface area contributed by atoms with Gasteiger partial charge in [0.25, 0.3) is 0 Å². The standard InChI is InChI=1S/C19H25NO3/c1-22-17-7-6-16-19(17)23-9-8-20(16)18(21)12-13-10-14-4-2-3-5-15(14)11-13/h2-5,13,16-17,19H,6-12H2,1H3/t16-,17-,19+/m1/s1. The van der Waals surface area contributed by atoms with Crippen molar-refractivity contribution in [3.05, 3.63) is 35.4 Å². The molecule has 0 spiro atoms. The maximum atomic E-state index is 12.9. The number of amides is 1. The number of carbonyl (C=O) groups excluding carboxylic acids is 1. The molecule has 0 bridgehead atoms. The third-order valence-corrected chi connectivity index (χ3v) is 5.76. The van der Waals surface area contributed by atoms with Crippen LogP contribution < -0.4 is 0 Å². The summed E-state index contributed by atoms with van der Waals surface area (Å²) in [5.74, 6) is 0.763. The van der Waals surface area contributed by atoms with Gasteiger partial charge in [-0.05, 0) is 42.7 Å². The Morgan fingerprint density at radius 3 is 2.70 bits per heavy atom. The highest BCUT2D eigenvalue weighted by Gasteiger charge is 2.44. The Labute approximate surface area is 137 Å². The van der Waals surface area contributed by atoms with E-state index in [9.17, 15) is 4.79 Å². The van der Waals surface area contributed by atoms with Gasteiger partial charge in [-0.25, -0.2) is 0 Å². The van der Waals surface area contributed by atoms with Crippen molar-refractivity contribution in [1.82, 2.24) is 4.90 Å². The van der Waals surface area contributed by atoms with E-state index in [-0.39, 0.29) is 18.2 Å². The fraction of sp³-hybridized carbons (Fsp3) is 0.632. The molecule has 4 heteroatoms. The first-order valence-electron chi connectivity index (χ1n) is 8.77. The van der Waals surface area contributed by atoms with Crippen LogP contribution >= 0.6 is 0 Å². The van der Waals surface area contributed by atoms with E-state index in [1.807, 2.05) is 0 Å². The summed E-state index contributed by atoms with van der Waals surface area (Å²) in [6.45, 7) is 1.37. The molecule has 3 atom stereocenters. The Hall–Kier alpha value is -1.39. The van der Waals surface area contributed by atoms with Crippen LogP contribution in [0.1, 0.15) is 30.4 Å². The second kappa shape index (κ2) is 6.25. The van der Waals surface area contributed by atoms with Crippen LogP contribution in [-0.2, 0) is 27.1 Å². The SMILES string of the molecule is CO[C@@H]1CC[C@@H]2[C@@H]1OCCN2C(=O)CC1Cc2ccccc2C1. The average molecular weight is 315 g/mol. The lowest BCUT2D eigenvalue weighted by Crippen LogP contribution is -2.54. The molecule has 1 aromatic rings. The molecule has 0 radical (unpaired) electrons. The molecule has 124 valence electrons. The minimum atomic E-state index is 0.0680. The van der Waals surface area contributed by atoms with Gasteiger partial charge >= 0.3 is 0 Å². The van der Waals surface area contributed by atoms with Gasteiger partial charge in [-0.15, -0.1) is 0 Å². The number of rotatable bonds is 3. The fourth-order valence-corrected chi connectivity index (χ4v) is 4.64. The van der Waals surface area contributed by atoms with E-state index in [0.717, 1.165) is 32.2 Å². The topological polar surface area (TPSA) is 38.8 Å². The molecule has 1 saturated carbocycles. The van der Waals surface area contributed by atoms with Gasteiger partial charge in [-0.3, -0.25) is 4.79 Å². The molecule has 1 heterocycles. The summed E-state index contributed by atoms with van der Waals surface area (Å²) in [6, 6.07) is 8.80. The Morgan fingerprint density at radius 2 is 2.00 bits per heavy atom. The number of ether oxygens (including phenoxy) is 2. The number of morpholine rings is 1. The van der Waals surface area contributed by atoms with Gasteiger partial charge in [-0.1, -0.05) is 24.3 Å². The lowest BCUT2D eigenvalue weighted by molar-refractivity contribution is -0.150. The van der Waals surface area contributed by atoms with E-state index in [1.54, 1.807) is 7.11 Å². The van der Waals surface area contributed by atoms with Crippen molar-refractivity contribution in [2.75, 3.05) is 20.3 Å². The monoisotopic (exact) mass is 315 g/mol. The summed E-state index contributed by atoms with van der Waals surface area (Å²) in [7, 11) is 1.74. The van der Waals surface area contributed by atoms with Crippen molar-refractivity contribution >= 4 is 5.91 Å². The number of carbonyl (C=O) groups is 1. The summed E-state index contributed by atoms with van der Waals surface area (Å²) in [5.41, 5.74) is 2.84. The molecular weight excluding hydrogens is 290 g/mol. The molecule has 0 unspecified atom stereocenters. The lowest BCUT2D eigenvalue weighted by Gasteiger charge is -2.39. The minimum absolute atomic E-state index is 0.0680. The van der Waals surface area contributed by atoms with E-state index < -0.39 is 0 Å². The molecule has 4 nitrogen and oxygen atoms in total. The minimum Gasteiger partial charge on any atom is -0.379 e. The van der Waals surface area contributed by atoms with Crippen LogP contribution in [0.2, 0.25) is 0 Å². The highest BCUT2D eigenvalue weighted by Crippen LogP contribution is 2.34. The average Bonchev–Trinajstić information content (AvgIpc) is 3.17. The Morgan fingerprint density at radius 1 is 1.26 bits per heavy atom. The van der Waals surface area contributed by atoms with Gasteiger partial charge in [0.15, 0.2) is 0 Å². The first-order chi connectivity index (χ1) is 11.3. The third kappa shape index (κ3) is 2.79. The van der Waals surface area contributed by atoms with E-state index in [2.05, 4.69) is 29.2 Å².